The van der Waals surface area contributed by atoms with E-state index in [0.29, 0.717) is 27.0 Å². The third kappa shape index (κ3) is 2.83. The first kappa shape index (κ1) is 15.3. The molecule has 0 fully saturated rings. The number of fused-ring (bicyclic) bond motifs is 1. The van der Waals surface area contributed by atoms with Gasteiger partial charge in [-0.25, -0.2) is 4.98 Å². The minimum Gasteiger partial charge on any atom is -0.397 e. The van der Waals surface area contributed by atoms with Crippen LogP contribution in [-0.2, 0) is 0 Å². The second-order valence-corrected chi connectivity index (χ2v) is 6.39. The highest BCUT2D eigenvalue weighted by molar-refractivity contribution is 7.21. The van der Waals surface area contributed by atoms with Gasteiger partial charge in [-0.05, 0) is 31.2 Å². The number of nitrogens with one attached hydrogen (secondary N) is 1. The van der Waals surface area contributed by atoms with E-state index in [1.807, 2.05) is 30.3 Å². The van der Waals surface area contributed by atoms with Gasteiger partial charge in [-0.3, -0.25) is 9.78 Å². The van der Waals surface area contributed by atoms with Crippen molar-refractivity contribution in [2.75, 3.05) is 11.1 Å². The van der Waals surface area contributed by atoms with Crippen LogP contribution < -0.4 is 11.1 Å². The Morgan fingerprint density at radius 2 is 2.12 bits per heavy atom. The highest BCUT2D eigenvalue weighted by atomic mass is 32.1. The minimum atomic E-state index is -0.340. The normalized spacial score (nSPS) is 10.9. The van der Waals surface area contributed by atoms with Crippen LogP contribution in [0, 0.1) is 6.92 Å². The largest absolute Gasteiger partial charge is 0.397 e. The van der Waals surface area contributed by atoms with Gasteiger partial charge >= 0.3 is 0 Å². The van der Waals surface area contributed by atoms with Crippen LogP contribution in [0.2, 0.25) is 0 Å². The van der Waals surface area contributed by atoms with E-state index < -0.39 is 0 Å². The summed E-state index contributed by atoms with van der Waals surface area (Å²) >= 11 is 1.23. The minimum absolute atomic E-state index is 0.340. The van der Waals surface area contributed by atoms with Gasteiger partial charge in [0.15, 0.2) is 5.82 Å². The zero-order chi connectivity index (χ0) is 17.4. The molecule has 0 aliphatic heterocycles. The summed E-state index contributed by atoms with van der Waals surface area (Å²) in [6.07, 6.45) is 1.71. The van der Waals surface area contributed by atoms with Gasteiger partial charge in [0.05, 0.1) is 17.1 Å². The van der Waals surface area contributed by atoms with Crippen LogP contribution in [0.4, 0.5) is 11.5 Å². The molecule has 0 bridgehead atoms. The van der Waals surface area contributed by atoms with Gasteiger partial charge in [0.2, 0.25) is 0 Å². The molecule has 8 heteroatoms. The number of aromatic nitrogens is 3. The number of rotatable bonds is 3. The average Bonchev–Trinajstić information content (AvgIpc) is 3.18. The Morgan fingerprint density at radius 3 is 2.84 bits per heavy atom. The molecule has 0 radical (unpaired) electrons. The van der Waals surface area contributed by atoms with Crippen LogP contribution in [0.15, 0.2) is 47.1 Å². The quantitative estimate of drug-likeness (QED) is 0.585. The van der Waals surface area contributed by atoms with E-state index in [9.17, 15) is 4.79 Å². The van der Waals surface area contributed by atoms with Gasteiger partial charge in [0.25, 0.3) is 5.91 Å². The fraction of sp³-hybridized carbons (Fsp3) is 0.0588. The monoisotopic (exact) mass is 351 g/mol. The molecule has 0 unspecified atom stereocenters. The van der Waals surface area contributed by atoms with Crippen molar-refractivity contribution >= 4 is 39.0 Å². The van der Waals surface area contributed by atoms with Crippen molar-refractivity contribution in [2.45, 2.75) is 6.92 Å². The molecular formula is C17H13N5O2S. The number of pyridine rings is 2. The Morgan fingerprint density at radius 1 is 1.24 bits per heavy atom. The molecule has 7 nitrogen and oxygen atoms in total. The molecule has 0 atom stereocenters. The van der Waals surface area contributed by atoms with E-state index in [1.165, 1.54) is 11.3 Å². The number of nitrogens with two attached hydrogens (primary N) is 1. The molecule has 0 aromatic carbocycles. The van der Waals surface area contributed by atoms with E-state index in [4.69, 9.17) is 10.3 Å². The van der Waals surface area contributed by atoms with Crippen LogP contribution in [0.3, 0.4) is 0 Å². The van der Waals surface area contributed by atoms with Crippen LogP contribution >= 0.6 is 11.3 Å². The molecule has 25 heavy (non-hydrogen) atoms. The Balaban J connectivity index is 1.70. The molecule has 0 aliphatic carbocycles. The van der Waals surface area contributed by atoms with Gasteiger partial charge in [-0.15, -0.1) is 11.3 Å². The number of nitrogens with zero attached hydrogens (tertiary/aromatic N) is 3. The molecule has 0 saturated heterocycles. The van der Waals surface area contributed by atoms with Gasteiger partial charge < -0.3 is 15.6 Å². The first-order chi connectivity index (χ1) is 12.1. The fourth-order valence-electron chi connectivity index (χ4n) is 2.42. The van der Waals surface area contributed by atoms with E-state index in [0.717, 1.165) is 16.8 Å². The van der Waals surface area contributed by atoms with Crippen LogP contribution in [0.1, 0.15) is 15.4 Å². The van der Waals surface area contributed by atoms with Gasteiger partial charge in [-0.2, -0.15) is 0 Å². The third-order valence-corrected chi connectivity index (χ3v) is 4.71. The average molecular weight is 351 g/mol. The van der Waals surface area contributed by atoms with Crippen LogP contribution in [0.25, 0.3) is 21.6 Å². The Kier molecular flexibility index (Phi) is 3.66. The Bertz CT molecular complexity index is 1070. The lowest BCUT2D eigenvalue weighted by molar-refractivity contribution is 0.103. The molecule has 4 rings (SSSR count). The summed E-state index contributed by atoms with van der Waals surface area (Å²) in [5.74, 6) is 0.621. The van der Waals surface area contributed by atoms with E-state index >= 15 is 0 Å². The van der Waals surface area contributed by atoms with E-state index in [2.05, 4.69) is 20.4 Å². The topological polar surface area (TPSA) is 107 Å². The molecule has 1 amide bonds. The number of carbonyl (C=O) groups excluding carboxylic acids is 1. The molecule has 4 aromatic heterocycles. The van der Waals surface area contributed by atoms with Gasteiger partial charge in [-0.1, -0.05) is 11.2 Å². The van der Waals surface area contributed by atoms with E-state index in [-0.39, 0.29) is 5.91 Å². The second-order valence-electron chi connectivity index (χ2n) is 5.39. The molecule has 0 aliphatic rings. The molecule has 0 spiro atoms. The summed E-state index contributed by atoms with van der Waals surface area (Å²) in [4.78, 5) is 22.4. The number of aryl methyl sites for hydroxylation is 1. The highest BCUT2D eigenvalue weighted by Crippen LogP contribution is 2.34. The lowest BCUT2D eigenvalue weighted by Gasteiger charge is -2.00. The third-order valence-electron chi connectivity index (χ3n) is 3.60. The predicted octanol–water partition coefficient (Wildman–Crippen LogP) is 3.49. The lowest BCUT2D eigenvalue weighted by atomic mass is 10.2. The molecular weight excluding hydrogens is 338 g/mol. The Labute approximate surface area is 146 Å². The summed E-state index contributed by atoms with van der Waals surface area (Å²) in [6, 6.07) is 11.0. The predicted molar refractivity (Wildman–Crippen MR) is 96.5 cm³/mol. The van der Waals surface area contributed by atoms with E-state index in [1.54, 1.807) is 19.2 Å². The van der Waals surface area contributed by atoms with Crippen molar-refractivity contribution in [3.05, 3.63) is 53.2 Å². The molecule has 3 N–H and O–H groups in total. The lowest BCUT2D eigenvalue weighted by Crippen LogP contribution is -2.12. The number of hydrogen-bond donors (Lipinski definition) is 2. The van der Waals surface area contributed by atoms with Crippen molar-refractivity contribution in [3.8, 4) is 11.4 Å². The van der Waals surface area contributed by atoms with Crippen molar-refractivity contribution < 1.29 is 9.32 Å². The molecule has 4 heterocycles. The van der Waals surface area contributed by atoms with Crippen molar-refractivity contribution in [2.24, 2.45) is 0 Å². The molecule has 4 aromatic rings. The first-order valence-corrected chi connectivity index (χ1v) is 8.28. The number of amides is 1. The fourth-order valence-corrected chi connectivity index (χ4v) is 3.41. The number of carbonyl (C=O) groups is 1. The first-order valence-electron chi connectivity index (χ1n) is 7.47. The maximum absolute atomic E-state index is 12.5. The van der Waals surface area contributed by atoms with Crippen molar-refractivity contribution in [1.29, 1.82) is 0 Å². The van der Waals surface area contributed by atoms with Crippen molar-refractivity contribution in [3.63, 3.8) is 0 Å². The molecule has 0 saturated carbocycles. The maximum Gasteiger partial charge on any atom is 0.269 e. The summed E-state index contributed by atoms with van der Waals surface area (Å²) in [7, 11) is 0. The maximum atomic E-state index is 12.5. The SMILES string of the molecule is Cc1cc(NC(=O)c2sc3nc(-c4ccccn4)ccc3c2N)no1. The number of nitrogen functional groups attached to an aromatic ring is 1. The number of anilines is 2. The summed E-state index contributed by atoms with van der Waals surface area (Å²) in [5.41, 5.74) is 8.03. The zero-order valence-corrected chi connectivity index (χ0v) is 14.0. The van der Waals surface area contributed by atoms with Gasteiger partial charge in [0, 0.05) is 17.6 Å². The van der Waals surface area contributed by atoms with Crippen LogP contribution in [-0.4, -0.2) is 21.0 Å². The zero-order valence-electron chi connectivity index (χ0n) is 13.2. The van der Waals surface area contributed by atoms with Crippen molar-refractivity contribution in [1.82, 2.24) is 15.1 Å². The highest BCUT2D eigenvalue weighted by Gasteiger charge is 2.19. The Hall–Kier alpha value is -3.26. The molecule has 124 valence electrons. The summed E-state index contributed by atoms with van der Waals surface area (Å²) in [6.45, 7) is 1.75. The summed E-state index contributed by atoms with van der Waals surface area (Å²) in [5, 5.41) is 7.17. The standard InChI is InChI=1S/C17H13N5O2S/c1-9-8-13(22-24-9)21-16(23)15-14(18)10-5-6-12(20-17(10)25-15)11-4-2-3-7-19-11/h2-8H,18H2,1H3,(H,21,22,23). The van der Waals surface area contributed by atoms with Gasteiger partial charge in [0.1, 0.15) is 15.5 Å². The smallest absolute Gasteiger partial charge is 0.269 e. The summed E-state index contributed by atoms with van der Waals surface area (Å²) < 4.78 is 4.94. The second kappa shape index (κ2) is 5.99. The number of hydrogen-bond acceptors (Lipinski definition) is 7. The van der Waals surface area contributed by atoms with Crippen LogP contribution in [0.5, 0.6) is 0 Å². The number of thiophene rings is 1.